The number of tetrazole rings is 1. The number of benzene rings is 2. The molecule has 1 amide bonds. The molecule has 3 aromatic rings. The molecule has 1 aromatic heterocycles. The average molecular weight is 405 g/mol. The molecule has 0 bridgehead atoms. The molecule has 2 aromatic carbocycles. The Hall–Kier alpha value is -3.22. The molecule has 1 fully saturated rings. The first-order chi connectivity index (χ1) is 14.5. The van der Waals surface area contributed by atoms with Crippen LogP contribution in [-0.2, 0) is 10.3 Å². The zero-order valence-corrected chi connectivity index (χ0v) is 17.8. The molecule has 7 nitrogen and oxygen atoms in total. The van der Waals surface area contributed by atoms with Crippen LogP contribution in [0.15, 0.2) is 42.5 Å². The van der Waals surface area contributed by atoms with E-state index in [2.05, 4.69) is 58.2 Å². The maximum atomic E-state index is 11.3. The maximum absolute atomic E-state index is 11.3. The molecule has 1 heterocycles. The first kappa shape index (κ1) is 20.1. The SMILES string of the molecule is CC(=O)Nc1ccc(NC2(c3nnnn3-c3c(C)cccc3C)CCCCC2)cc1. The van der Waals surface area contributed by atoms with Crippen molar-refractivity contribution in [2.24, 2.45) is 0 Å². The van der Waals surface area contributed by atoms with E-state index >= 15 is 0 Å². The third kappa shape index (κ3) is 3.92. The van der Waals surface area contributed by atoms with E-state index in [-0.39, 0.29) is 11.4 Å². The van der Waals surface area contributed by atoms with Gasteiger partial charge in [-0.25, -0.2) is 0 Å². The highest BCUT2D eigenvalue weighted by Crippen LogP contribution is 2.40. The Morgan fingerprint density at radius 2 is 1.60 bits per heavy atom. The molecular weight excluding hydrogens is 376 g/mol. The van der Waals surface area contributed by atoms with Gasteiger partial charge in [0.2, 0.25) is 5.91 Å². The van der Waals surface area contributed by atoms with Crippen LogP contribution in [0.25, 0.3) is 5.69 Å². The van der Waals surface area contributed by atoms with Gasteiger partial charge >= 0.3 is 0 Å². The van der Waals surface area contributed by atoms with Gasteiger partial charge in [0, 0.05) is 18.3 Å². The summed E-state index contributed by atoms with van der Waals surface area (Å²) in [6.45, 7) is 5.70. The van der Waals surface area contributed by atoms with Gasteiger partial charge < -0.3 is 10.6 Å². The Labute approximate surface area is 176 Å². The summed E-state index contributed by atoms with van der Waals surface area (Å²) in [7, 11) is 0. The number of rotatable bonds is 5. The van der Waals surface area contributed by atoms with Gasteiger partial charge in [-0.15, -0.1) is 5.10 Å². The van der Waals surface area contributed by atoms with Gasteiger partial charge in [0.05, 0.1) is 11.2 Å². The van der Waals surface area contributed by atoms with Crippen LogP contribution in [0.1, 0.15) is 56.0 Å². The van der Waals surface area contributed by atoms with Crippen molar-refractivity contribution in [3.8, 4) is 5.69 Å². The number of hydrogen-bond donors (Lipinski definition) is 2. The Kier molecular flexibility index (Phi) is 5.53. The molecule has 2 N–H and O–H groups in total. The molecule has 4 rings (SSSR count). The lowest BCUT2D eigenvalue weighted by atomic mass is 9.80. The molecule has 0 aliphatic heterocycles. The van der Waals surface area contributed by atoms with Crippen molar-refractivity contribution in [2.45, 2.75) is 58.4 Å². The highest BCUT2D eigenvalue weighted by Gasteiger charge is 2.39. The smallest absolute Gasteiger partial charge is 0.221 e. The van der Waals surface area contributed by atoms with Crippen molar-refractivity contribution in [1.29, 1.82) is 0 Å². The van der Waals surface area contributed by atoms with E-state index in [1.54, 1.807) is 0 Å². The van der Waals surface area contributed by atoms with Crippen LogP contribution in [0.5, 0.6) is 0 Å². The minimum atomic E-state index is -0.341. The summed E-state index contributed by atoms with van der Waals surface area (Å²) in [6, 6.07) is 14.1. The van der Waals surface area contributed by atoms with E-state index in [1.807, 2.05) is 28.9 Å². The minimum absolute atomic E-state index is 0.0766. The number of nitrogens with zero attached hydrogens (tertiary/aromatic N) is 4. The van der Waals surface area contributed by atoms with Crippen LogP contribution >= 0.6 is 0 Å². The largest absolute Gasteiger partial charge is 0.373 e. The number of hydrogen-bond acceptors (Lipinski definition) is 5. The first-order valence-electron chi connectivity index (χ1n) is 10.5. The second-order valence-electron chi connectivity index (χ2n) is 8.18. The van der Waals surface area contributed by atoms with Gasteiger partial charge in [-0.3, -0.25) is 4.79 Å². The molecular formula is C23H28N6O. The molecule has 1 aliphatic carbocycles. The standard InChI is InChI=1S/C23H28N6O/c1-16-8-7-9-17(2)21(16)29-22(26-27-28-29)23(14-5-4-6-15-23)25-20-12-10-19(11-13-20)24-18(3)30/h7-13,25H,4-6,14-15H2,1-3H3,(H,24,30). The highest BCUT2D eigenvalue weighted by atomic mass is 16.1. The van der Waals surface area contributed by atoms with E-state index in [0.717, 1.165) is 59.7 Å². The molecule has 156 valence electrons. The molecule has 0 unspecified atom stereocenters. The molecule has 1 aliphatic rings. The highest BCUT2D eigenvalue weighted by molar-refractivity contribution is 5.88. The molecule has 0 atom stereocenters. The molecule has 7 heteroatoms. The molecule has 30 heavy (non-hydrogen) atoms. The maximum Gasteiger partial charge on any atom is 0.221 e. The average Bonchev–Trinajstić information content (AvgIpc) is 3.20. The monoisotopic (exact) mass is 404 g/mol. The lowest BCUT2D eigenvalue weighted by Crippen LogP contribution is -2.40. The van der Waals surface area contributed by atoms with Crippen molar-refractivity contribution in [3.05, 3.63) is 59.4 Å². The third-order valence-corrected chi connectivity index (χ3v) is 5.84. The van der Waals surface area contributed by atoms with E-state index in [0.29, 0.717) is 0 Å². The fourth-order valence-electron chi connectivity index (χ4n) is 4.45. The van der Waals surface area contributed by atoms with Gasteiger partial charge in [-0.1, -0.05) is 37.5 Å². The second kappa shape index (κ2) is 8.26. The summed E-state index contributed by atoms with van der Waals surface area (Å²) in [5.74, 6) is 0.776. The number of aromatic nitrogens is 4. The number of carbonyl (C=O) groups is 1. The summed E-state index contributed by atoms with van der Waals surface area (Å²) in [5, 5.41) is 19.5. The number of carbonyl (C=O) groups excluding carboxylic acids is 1. The topological polar surface area (TPSA) is 84.7 Å². The fourth-order valence-corrected chi connectivity index (χ4v) is 4.45. The zero-order chi connectivity index (χ0) is 21.1. The van der Waals surface area contributed by atoms with Crippen LogP contribution in [0.2, 0.25) is 0 Å². The summed E-state index contributed by atoms with van der Waals surface area (Å²) >= 11 is 0. The summed E-state index contributed by atoms with van der Waals surface area (Å²) in [6.07, 6.45) is 5.39. The van der Waals surface area contributed by atoms with Gasteiger partial charge in [0.25, 0.3) is 0 Å². The Morgan fingerprint density at radius 3 is 2.23 bits per heavy atom. The lowest BCUT2D eigenvalue weighted by molar-refractivity contribution is -0.114. The van der Waals surface area contributed by atoms with Crippen LogP contribution < -0.4 is 10.6 Å². The quantitative estimate of drug-likeness (QED) is 0.654. The van der Waals surface area contributed by atoms with Gasteiger partial charge in [-0.05, 0) is 72.5 Å². The van der Waals surface area contributed by atoms with Crippen molar-refractivity contribution in [2.75, 3.05) is 10.6 Å². The number of aryl methyl sites for hydroxylation is 2. The zero-order valence-electron chi connectivity index (χ0n) is 17.8. The first-order valence-corrected chi connectivity index (χ1v) is 10.5. The van der Waals surface area contributed by atoms with Crippen molar-refractivity contribution in [3.63, 3.8) is 0 Å². The molecule has 1 saturated carbocycles. The fraction of sp³-hybridized carbons (Fsp3) is 0.391. The summed E-state index contributed by atoms with van der Waals surface area (Å²) < 4.78 is 1.91. The summed E-state index contributed by atoms with van der Waals surface area (Å²) in [5.41, 5.74) is 4.77. The normalized spacial score (nSPS) is 15.6. The Balaban J connectivity index is 1.72. The van der Waals surface area contributed by atoms with Gasteiger partial charge in [0.15, 0.2) is 5.82 Å². The molecule has 0 spiro atoms. The minimum Gasteiger partial charge on any atom is -0.373 e. The van der Waals surface area contributed by atoms with Crippen LogP contribution in [0, 0.1) is 13.8 Å². The van der Waals surface area contributed by atoms with Gasteiger partial charge in [0.1, 0.15) is 0 Å². The molecule has 0 radical (unpaired) electrons. The van der Waals surface area contributed by atoms with E-state index in [1.165, 1.54) is 13.3 Å². The third-order valence-electron chi connectivity index (χ3n) is 5.84. The van der Waals surface area contributed by atoms with Crippen molar-refractivity contribution >= 4 is 17.3 Å². The predicted octanol–water partition coefficient (Wildman–Crippen LogP) is 4.51. The van der Waals surface area contributed by atoms with E-state index in [9.17, 15) is 4.79 Å². The molecule has 0 saturated heterocycles. The number of amides is 1. The van der Waals surface area contributed by atoms with E-state index in [4.69, 9.17) is 0 Å². The number of para-hydroxylation sites is 1. The summed E-state index contributed by atoms with van der Waals surface area (Å²) in [4.78, 5) is 11.3. The number of nitrogens with one attached hydrogen (secondary N) is 2. The van der Waals surface area contributed by atoms with Crippen molar-refractivity contribution < 1.29 is 4.79 Å². The number of anilines is 2. The second-order valence-corrected chi connectivity index (χ2v) is 8.18. The van der Waals surface area contributed by atoms with Crippen LogP contribution in [0.4, 0.5) is 11.4 Å². The lowest BCUT2D eigenvalue weighted by Gasteiger charge is -2.38. The van der Waals surface area contributed by atoms with Gasteiger partial charge in [-0.2, -0.15) is 4.68 Å². The predicted molar refractivity (Wildman–Crippen MR) is 118 cm³/mol. The Bertz CT molecular complexity index is 1010. The van der Waals surface area contributed by atoms with Crippen molar-refractivity contribution in [1.82, 2.24) is 20.2 Å². The Morgan fingerprint density at radius 1 is 0.967 bits per heavy atom. The van der Waals surface area contributed by atoms with Crippen LogP contribution in [-0.4, -0.2) is 26.1 Å². The van der Waals surface area contributed by atoms with E-state index < -0.39 is 0 Å². The van der Waals surface area contributed by atoms with Crippen LogP contribution in [0.3, 0.4) is 0 Å².